The second-order valence-electron chi connectivity index (χ2n) is 2.16. The molecule has 1 nitrogen and oxygen atoms in total. The van der Waals surface area contributed by atoms with E-state index in [1.807, 2.05) is 0 Å². The number of alkyl halides is 3. The summed E-state index contributed by atoms with van der Waals surface area (Å²) in [5, 5.41) is 0. The van der Waals surface area contributed by atoms with Gasteiger partial charge in [-0.2, -0.15) is 13.2 Å². The highest BCUT2D eigenvalue weighted by molar-refractivity contribution is 4.58. The first kappa shape index (κ1) is 8.75. The van der Waals surface area contributed by atoms with Gasteiger partial charge >= 0.3 is 6.18 Å². The van der Waals surface area contributed by atoms with Crippen LogP contribution in [0, 0.1) is 5.92 Å². The number of hydrogen-bond acceptors (Lipinski definition) is 1. The van der Waals surface area contributed by atoms with Crippen LogP contribution in [-0.2, 0) is 0 Å². The number of hydrogen-bond donors (Lipinski definition) is 1. The molecule has 0 aromatic carbocycles. The van der Waals surface area contributed by atoms with Crippen LogP contribution in [0.3, 0.4) is 0 Å². The van der Waals surface area contributed by atoms with Crippen molar-refractivity contribution in [2.24, 2.45) is 11.7 Å². The topological polar surface area (TPSA) is 26.0 Å². The third-order valence-electron chi connectivity index (χ3n) is 0.982. The van der Waals surface area contributed by atoms with E-state index in [2.05, 4.69) is 0 Å². The summed E-state index contributed by atoms with van der Waals surface area (Å²) in [6, 6.07) is 0. The van der Waals surface area contributed by atoms with Gasteiger partial charge in [0, 0.05) is 6.42 Å². The van der Waals surface area contributed by atoms with E-state index in [1.165, 1.54) is 6.92 Å². The zero-order chi connectivity index (χ0) is 7.49. The Morgan fingerprint density at radius 1 is 1.44 bits per heavy atom. The highest BCUT2D eigenvalue weighted by atomic mass is 19.4. The fraction of sp³-hybridized carbons (Fsp3) is 1.00. The van der Waals surface area contributed by atoms with Crippen LogP contribution in [0.25, 0.3) is 0 Å². The zero-order valence-electron chi connectivity index (χ0n) is 5.20. The lowest BCUT2D eigenvalue weighted by Crippen LogP contribution is -2.19. The number of rotatable bonds is 2. The Morgan fingerprint density at radius 3 is 2.00 bits per heavy atom. The van der Waals surface area contributed by atoms with Crippen molar-refractivity contribution in [1.82, 2.24) is 0 Å². The van der Waals surface area contributed by atoms with E-state index < -0.39 is 18.5 Å². The van der Waals surface area contributed by atoms with Gasteiger partial charge in [-0.1, -0.05) is 6.92 Å². The largest absolute Gasteiger partial charge is 0.389 e. The van der Waals surface area contributed by atoms with Crippen molar-refractivity contribution < 1.29 is 13.2 Å². The van der Waals surface area contributed by atoms with E-state index in [9.17, 15) is 13.2 Å². The molecule has 2 N–H and O–H groups in total. The molecule has 0 aromatic rings. The van der Waals surface area contributed by atoms with Crippen molar-refractivity contribution in [2.45, 2.75) is 19.5 Å². The molecule has 0 heterocycles. The fourth-order valence-corrected chi connectivity index (χ4v) is 0.478. The third kappa shape index (κ3) is 5.62. The van der Waals surface area contributed by atoms with Crippen molar-refractivity contribution in [3.63, 3.8) is 0 Å². The van der Waals surface area contributed by atoms with Crippen LogP contribution in [0.5, 0.6) is 0 Å². The van der Waals surface area contributed by atoms with Crippen LogP contribution < -0.4 is 5.73 Å². The lowest BCUT2D eigenvalue weighted by molar-refractivity contribution is -0.142. The molecule has 0 spiro atoms. The molecule has 0 saturated heterocycles. The summed E-state index contributed by atoms with van der Waals surface area (Å²) >= 11 is 0. The molecule has 0 bridgehead atoms. The summed E-state index contributed by atoms with van der Waals surface area (Å²) in [4.78, 5) is 0. The van der Waals surface area contributed by atoms with Crippen LogP contribution in [0.4, 0.5) is 13.2 Å². The molecule has 1 unspecified atom stereocenters. The van der Waals surface area contributed by atoms with Gasteiger partial charge in [-0.15, -0.1) is 0 Å². The maximum absolute atomic E-state index is 11.4. The predicted octanol–water partition coefficient (Wildman–Crippen LogP) is 1.53. The fourth-order valence-electron chi connectivity index (χ4n) is 0.478. The molecule has 0 aliphatic rings. The predicted molar refractivity (Wildman–Crippen MR) is 28.9 cm³/mol. The molecule has 0 radical (unpaired) electrons. The SMILES string of the molecule is CC(CN)CC(F)(F)F. The average Bonchev–Trinajstić information content (AvgIpc) is 1.62. The summed E-state index contributed by atoms with van der Waals surface area (Å²) in [6.45, 7) is 1.58. The van der Waals surface area contributed by atoms with Crippen LogP contribution in [0.15, 0.2) is 0 Å². The monoisotopic (exact) mass is 141 g/mol. The first-order valence-corrected chi connectivity index (χ1v) is 2.72. The normalized spacial score (nSPS) is 15.7. The molecule has 1 atom stereocenters. The highest BCUT2D eigenvalue weighted by Crippen LogP contribution is 2.23. The molecule has 0 saturated carbocycles. The molecule has 0 amide bonds. The van der Waals surface area contributed by atoms with Gasteiger partial charge in [0.05, 0.1) is 0 Å². The van der Waals surface area contributed by atoms with Gasteiger partial charge < -0.3 is 5.73 Å². The number of halogens is 3. The summed E-state index contributed by atoms with van der Waals surface area (Å²) < 4.78 is 34.3. The molecular weight excluding hydrogens is 131 g/mol. The summed E-state index contributed by atoms with van der Waals surface area (Å²) in [5.74, 6) is -0.454. The minimum atomic E-state index is -4.06. The van der Waals surface area contributed by atoms with E-state index in [-0.39, 0.29) is 6.54 Å². The van der Waals surface area contributed by atoms with Crippen LogP contribution in [-0.4, -0.2) is 12.7 Å². The van der Waals surface area contributed by atoms with Crippen molar-refractivity contribution in [3.8, 4) is 0 Å². The third-order valence-corrected chi connectivity index (χ3v) is 0.982. The van der Waals surface area contributed by atoms with E-state index in [0.717, 1.165) is 0 Å². The minimum Gasteiger partial charge on any atom is -0.330 e. The Kier molecular flexibility index (Phi) is 2.97. The zero-order valence-corrected chi connectivity index (χ0v) is 5.20. The average molecular weight is 141 g/mol. The van der Waals surface area contributed by atoms with Gasteiger partial charge in [-0.3, -0.25) is 0 Å². The molecule has 0 fully saturated rings. The van der Waals surface area contributed by atoms with Crippen LogP contribution in [0.1, 0.15) is 13.3 Å². The Bertz CT molecular complexity index is 78.8. The Morgan fingerprint density at radius 2 is 1.89 bits per heavy atom. The molecule has 0 rings (SSSR count). The highest BCUT2D eigenvalue weighted by Gasteiger charge is 2.28. The van der Waals surface area contributed by atoms with Crippen LogP contribution >= 0.6 is 0 Å². The summed E-state index contributed by atoms with van der Waals surface area (Å²) in [6.07, 6.45) is -4.83. The Labute approximate surface area is 52.0 Å². The minimum absolute atomic E-state index is 0.0967. The first-order chi connectivity index (χ1) is 3.95. The smallest absolute Gasteiger partial charge is 0.330 e. The maximum Gasteiger partial charge on any atom is 0.389 e. The van der Waals surface area contributed by atoms with Gasteiger partial charge in [-0.05, 0) is 12.5 Å². The number of nitrogens with two attached hydrogens (primary N) is 1. The van der Waals surface area contributed by atoms with Gasteiger partial charge in [0.2, 0.25) is 0 Å². The van der Waals surface area contributed by atoms with Crippen molar-refractivity contribution in [3.05, 3.63) is 0 Å². The lowest BCUT2D eigenvalue weighted by Gasteiger charge is -2.10. The quantitative estimate of drug-likeness (QED) is 0.620. The van der Waals surface area contributed by atoms with Gasteiger partial charge in [-0.25, -0.2) is 0 Å². The second kappa shape index (κ2) is 3.06. The second-order valence-corrected chi connectivity index (χ2v) is 2.16. The van der Waals surface area contributed by atoms with Gasteiger partial charge in [0.1, 0.15) is 0 Å². The van der Waals surface area contributed by atoms with Crippen molar-refractivity contribution in [1.29, 1.82) is 0 Å². The van der Waals surface area contributed by atoms with E-state index >= 15 is 0 Å². The Hall–Kier alpha value is -0.250. The lowest BCUT2D eigenvalue weighted by atomic mass is 10.1. The van der Waals surface area contributed by atoms with E-state index in [0.29, 0.717) is 0 Å². The first-order valence-electron chi connectivity index (χ1n) is 2.72. The summed E-state index contributed by atoms with van der Waals surface area (Å²) in [7, 11) is 0. The Balaban J connectivity index is 3.47. The van der Waals surface area contributed by atoms with Crippen LogP contribution in [0.2, 0.25) is 0 Å². The molecule has 56 valence electrons. The van der Waals surface area contributed by atoms with E-state index in [4.69, 9.17) is 5.73 Å². The van der Waals surface area contributed by atoms with Gasteiger partial charge in [0.15, 0.2) is 0 Å². The molecule has 4 heteroatoms. The van der Waals surface area contributed by atoms with Gasteiger partial charge in [0.25, 0.3) is 0 Å². The molecular formula is C5H10F3N. The summed E-state index contributed by atoms with van der Waals surface area (Å²) in [5.41, 5.74) is 4.98. The standard InChI is InChI=1S/C5H10F3N/c1-4(3-9)2-5(6,7)8/h4H,2-3,9H2,1H3. The van der Waals surface area contributed by atoms with Crippen molar-refractivity contribution >= 4 is 0 Å². The van der Waals surface area contributed by atoms with E-state index in [1.54, 1.807) is 0 Å². The van der Waals surface area contributed by atoms with Crippen molar-refractivity contribution in [2.75, 3.05) is 6.54 Å². The molecule has 0 aliphatic carbocycles. The molecule has 0 aliphatic heterocycles. The maximum atomic E-state index is 11.4. The molecule has 9 heavy (non-hydrogen) atoms. The molecule has 0 aromatic heterocycles.